The molecule has 28 heavy (non-hydrogen) atoms. The Morgan fingerprint density at radius 3 is 2.89 bits per heavy atom. The molecule has 8 heteroatoms. The van der Waals surface area contributed by atoms with Gasteiger partial charge in [0.05, 0.1) is 12.3 Å². The third-order valence-corrected chi connectivity index (χ3v) is 5.07. The highest BCUT2D eigenvalue weighted by molar-refractivity contribution is 6.33. The summed E-state index contributed by atoms with van der Waals surface area (Å²) in [6.45, 7) is 2.60. The van der Waals surface area contributed by atoms with Gasteiger partial charge in [-0.25, -0.2) is 15.0 Å². The van der Waals surface area contributed by atoms with Gasteiger partial charge in [-0.15, -0.1) is 0 Å². The van der Waals surface area contributed by atoms with Crippen molar-refractivity contribution in [2.45, 2.75) is 44.9 Å². The largest absolute Gasteiger partial charge is 0.388 e. The average molecular weight is 400 g/mol. The summed E-state index contributed by atoms with van der Waals surface area (Å²) >= 11 is 6.43. The lowest BCUT2D eigenvalue weighted by atomic mass is 10.2. The molecular formula is C20H22ClN5O2. The van der Waals surface area contributed by atoms with Crippen LogP contribution in [0.4, 0.5) is 0 Å². The maximum absolute atomic E-state index is 10.5. The molecule has 2 atom stereocenters. The molecule has 1 aliphatic rings. The lowest BCUT2D eigenvalue weighted by molar-refractivity contribution is -0.00522. The van der Waals surface area contributed by atoms with Crippen LogP contribution in [0.2, 0.25) is 5.15 Å². The third-order valence-electron chi connectivity index (χ3n) is 4.81. The van der Waals surface area contributed by atoms with Crippen molar-refractivity contribution in [2.75, 3.05) is 6.61 Å². The number of unbranched alkanes of at least 4 members (excludes halogenated alkanes) is 2. The van der Waals surface area contributed by atoms with E-state index in [9.17, 15) is 5.11 Å². The number of nitrogens with zero attached hydrogens (tertiary/aromatic N) is 5. The van der Waals surface area contributed by atoms with Crippen LogP contribution < -0.4 is 0 Å². The standard InChI is InChI=1S/C20H22ClN5O2/c1-3-4-5-6-9-15-22-17(21)16-19(23-15)26(20-14(27)10-12-28-20)18(24-16)13-8-7-11-25(13)2/h7-8,11,14,20,27H,3-5,10,12H2,1-2H3/t14-,20-/m1/s1. The Morgan fingerprint density at radius 1 is 1.36 bits per heavy atom. The van der Waals surface area contributed by atoms with Crippen molar-refractivity contribution < 1.29 is 9.84 Å². The predicted molar refractivity (Wildman–Crippen MR) is 107 cm³/mol. The highest BCUT2D eigenvalue weighted by atomic mass is 35.5. The Morgan fingerprint density at radius 2 is 2.21 bits per heavy atom. The fourth-order valence-corrected chi connectivity index (χ4v) is 3.54. The fraction of sp³-hybridized carbons (Fsp3) is 0.450. The van der Waals surface area contributed by atoms with Gasteiger partial charge >= 0.3 is 0 Å². The van der Waals surface area contributed by atoms with Crippen molar-refractivity contribution in [2.24, 2.45) is 7.05 Å². The Labute approximate surface area is 168 Å². The summed E-state index contributed by atoms with van der Waals surface area (Å²) in [4.78, 5) is 13.6. The maximum atomic E-state index is 10.5. The van der Waals surface area contributed by atoms with E-state index in [0.29, 0.717) is 35.8 Å². The lowest BCUT2D eigenvalue weighted by Gasteiger charge is -2.19. The van der Waals surface area contributed by atoms with Gasteiger partial charge in [0.25, 0.3) is 0 Å². The molecule has 1 N–H and O–H groups in total. The van der Waals surface area contributed by atoms with Crippen molar-refractivity contribution in [1.82, 2.24) is 24.1 Å². The van der Waals surface area contributed by atoms with E-state index in [1.165, 1.54) is 0 Å². The maximum Gasteiger partial charge on any atom is 0.208 e. The second-order valence-corrected chi connectivity index (χ2v) is 7.20. The summed E-state index contributed by atoms with van der Waals surface area (Å²) in [6, 6.07) is 3.88. The average Bonchev–Trinajstić information content (AvgIpc) is 3.37. The van der Waals surface area contributed by atoms with Crippen LogP contribution in [-0.4, -0.2) is 41.9 Å². The Bertz CT molecular complexity index is 1060. The number of ether oxygens (including phenoxy) is 1. The summed E-state index contributed by atoms with van der Waals surface area (Å²) in [7, 11) is 1.93. The molecule has 1 aliphatic heterocycles. The monoisotopic (exact) mass is 399 g/mol. The van der Waals surface area contributed by atoms with Crippen molar-refractivity contribution in [1.29, 1.82) is 0 Å². The molecule has 0 radical (unpaired) electrons. The van der Waals surface area contributed by atoms with E-state index in [-0.39, 0.29) is 5.15 Å². The van der Waals surface area contributed by atoms with Gasteiger partial charge in [-0.3, -0.25) is 4.57 Å². The van der Waals surface area contributed by atoms with Crippen LogP contribution in [0.15, 0.2) is 18.3 Å². The number of aliphatic hydroxyl groups excluding tert-OH is 1. The minimum atomic E-state index is -0.649. The summed E-state index contributed by atoms with van der Waals surface area (Å²) < 4.78 is 9.58. The first-order valence-electron chi connectivity index (χ1n) is 9.46. The van der Waals surface area contributed by atoms with E-state index in [4.69, 9.17) is 21.3 Å². The second kappa shape index (κ2) is 7.92. The van der Waals surface area contributed by atoms with Gasteiger partial charge in [-0.05, 0) is 24.5 Å². The van der Waals surface area contributed by atoms with E-state index in [1.807, 2.05) is 34.5 Å². The van der Waals surface area contributed by atoms with Crippen molar-refractivity contribution >= 4 is 22.8 Å². The van der Waals surface area contributed by atoms with Gasteiger partial charge < -0.3 is 14.4 Å². The summed E-state index contributed by atoms with van der Waals surface area (Å²) in [5.74, 6) is 7.05. The van der Waals surface area contributed by atoms with Gasteiger partial charge in [0.15, 0.2) is 22.9 Å². The summed E-state index contributed by atoms with van der Waals surface area (Å²) in [5, 5.41) is 10.7. The zero-order valence-electron chi connectivity index (χ0n) is 15.9. The highest BCUT2D eigenvalue weighted by Crippen LogP contribution is 2.34. The first-order valence-corrected chi connectivity index (χ1v) is 9.83. The van der Waals surface area contributed by atoms with Crippen molar-refractivity contribution in [3.05, 3.63) is 29.3 Å². The predicted octanol–water partition coefficient (Wildman–Crippen LogP) is 3.31. The zero-order valence-corrected chi connectivity index (χ0v) is 16.6. The number of halogens is 1. The molecule has 0 spiro atoms. The molecule has 0 amide bonds. The first-order chi connectivity index (χ1) is 13.6. The quantitative estimate of drug-likeness (QED) is 0.413. The molecule has 3 aromatic rings. The van der Waals surface area contributed by atoms with Gasteiger partial charge in [-0.2, -0.15) is 0 Å². The van der Waals surface area contributed by atoms with Gasteiger partial charge in [-0.1, -0.05) is 30.9 Å². The molecular weight excluding hydrogens is 378 g/mol. The SMILES string of the molecule is CCCCC#Cc1nc(Cl)c2nc(-c3cccn3C)n([C@@H]3OCC[C@H]3O)c2n1. The van der Waals surface area contributed by atoms with Gasteiger partial charge in [0, 0.05) is 26.1 Å². The van der Waals surface area contributed by atoms with E-state index in [2.05, 4.69) is 28.7 Å². The van der Waals surface area contributed by atoms with Gasteiger partial charge in [0.2, 0.25) is 5.82 Å². The molecule has 4 heterocycles. The molecule has 1 saturated heterocycles. The molecule has 146 valence electrons. The third kappa shape index (κ3) is 3.39. The van der Waals surface area contributed by atoms with E-state index >= 15 is 0 Å². The molecule has 0 aliphatic carbocycles. The van der Waals surface area contributed by atoms with Crippen LogP contribution >= 0.6 is 11.6 Å². The molecule has 3 aromatic heterocycles. The number of hydrogen-bond donors (Lipinski definition) is 1. The Hall–Kier alpha value is -2.40. The number of aliphatic hydroxyl groups is 1. The minimum absolute atomic E-state index is 0.242. The summed E-state index contributed by atoms with van der Waals surface area (Å²) in [5.41, 5.74) is 1.86. The van der Waals surface area contributed by atoms with Crippen LogP contribution in [-0.2, 0) is 11.8 Å². The Balaban J connectivity index is 1.90. The minimum Gasteiger partial charge on any atom is -0.388 e. The number of fused-ring (bicyclic) bond motifs is 1. The van der Waals surface area contributed by atoms with Crippen LogP contribution in [0.25, 0.3) is 22.7 Å². The molecule has 7 nitrogen and oxygen atoms in total. The van der Waals surface area contributed by atoms with Crippen LogP contribution in [0, 0.1) is 11.8 Å². The number of hydrogen-bond acceptors (Lipinski definition) is 5. The van der Waals surface area contributed by atoms with E-state index in [1.54, 1.807) is 0 Å². The van der Waals surface area contributed by atoms with Crippen LogP contribution in [0.5, 0.6) is 0 Å². The number of aryl methyl sites for hydroxylation is 1. The second-order valence-electron chi connectivity index (χ2n) is 6.84. The number of imidazole rings is 1. The van der Waals surface area contributed by atoms with Crippen LogP contribution in [0.1, 0.15) is 44.7 Å². The number of rotatable bonds is 4. The molecule has 0 bridgehead atoms. The van der Waals surface area contributed by atoms with E-state index < -0.39 is 12.3 Å². The van der Waals surface area contributed by atoms with Crippen molar-refractivity contribution in [3.63, 3.8) is 0 Å². The summed E-state index contributed by atoms with van der Waals surface area (Å²) in [6.07, 6.45) is 4.15. The van der Waals surface area contributed by atoms with Crippen LogP contribution in [0.3, 0.4) is 0 Å². The molecule has 0 saturated carbocycles. The topological polar surface area (TPSA) is 78.0 Å². The fourth-order valence-electron chi connectivity index (χ4n) is 3.33. The Kier molecular flexibility index (Phi) is 5.36. The highest BCUT2D eigenvalue weighted by Gasteiger charge is 2.33. The van der Waals surface area contributed by atoms with Gasteiger partial charge in [0.1, 0.15) is 11.6 Å². The van der Waals surface area contributed by atoms with Crippen molar-refractivity contribution in [3.8, 4) is 23.4 Å². The molecule has 4 rings (SSSR count). The molecule has 0 aromatic carbocycles. The first kappa shape index (κ1) is 18.9. The molecule has 0 unspecified atom stereocenters. The van der Waals surface area contributed by atoms with E-state index in [0.717, 1.165) is 25.0 Å². The lowest BCUT2D eigenvalue weighted by Crippen LogP contribution is -2.21. The smallest absolute Gasteiger partial charge is 0.208 e. The number of aromatic nitrogens is 5. The molecule has 1 fully saturated rings. The zero-order chi connectivity index (χ0) is 19.7. The normalized spacial score (nSPS) is 19.1.